The van der Waals surface area contributed by atoms with Gasteiger partial charge in [-0.25, -0.2) is 0 Å². The Morgan fingerprint density at radius 2 is 2.17 bits per heavy atom. The molecule has 3 rings (SSSR count). The summed E-state index contributed by atoms with van der Waals surface area (Å²) in [6.07, 6.45) is 7.20. The summed E-state index contributed by atoms with van der Waals surface area (Å²) in [6.45, 7) is 4.12. The number of aromatic amines is 1. The highest BCUT2D eigenvalue weighted by atomic mass is 16.1. The number of carbonyl (C=O) groups excluding carboxylic acids is 1. The standard InChI is InChI=1S/C19H26N4O/c24-19(7-6-18-12-21-22-13-18)20-10-8-17-9-11-23(15-17)14-16-4-2-1-3-5-16/h1-5,12-13,17H,6-11,14-15H2,(H,20,24)(H,21,22)/t17-/m0/s1. The van der Waals surface area contributed by atoms with Gasteiger partial charge in [0.2, 0.25) is 5.91 Å². The van der Waals surface area contributed by atoms with Gasteiger partial charge in [-0.2, -0.15) is 5.10 Å². The molecule has 5 heteroatoms. The third kappa shape index (κ3) is 5.20. The van der Waals surface area contributed by atoms with Crippen LogP contribution in [0.25, 0.3) is 0 Å². The van der Waals surface area contributed by atoms with E-state index in [0.29, 0.717) is 12.3 Å². The highest BCUT2D eigenvalue weighted by molar-refractivity contribution is 5.76. The Morgan fingerprint density at radius 1 is 1.29 bits per heavy atom. The summed E-state index contributed by atoms with van der Waals surface area (Å²) in [5.41, 5.74) is 2.46. The molecule has 2 aromatic rings. The van der Waals surface area contributed by atoms with E-state index in [1.54, 1.807) is 6.20 Å². The lowest BCUT2D eigenvalue weighted by Gasteiger charge is -2.16. The molecule has 0 bridgehead atoms. The van der Waals surface area contributed by atoms with Crippen molar-refractivity contribution in [2.75, 3.05) is 19.6 Å². The van der Waals surface area contributed by atoms with Gasteiger partial charge in [-0.05, 0) is 42.9 Å². The van der Waals surface area contributed by atoms with Gasteiger partial charge in [-0.3, -0.25) is 14.8 Å². The molecular formula is C19H26N4O. The zero-order chi connectivity index (χ0) is 16.6. The van der Waals surface area contributed by atoms with Gasteiger partial charge < -0.3 is 5.32 Å². The van der Waals surface area contributed by atoms with Gasteiger partial charge in [-0.15, -0.1) is 0 Å². The summed E-state index contributed by atoms with van der Waals surface area (Å²) in [7, 11) is 0. The van der Waals surface area contributed by atoms with Gasteiger partial charge in [0, 0.05) is 32.3 Å². The first-order chi connectivity index (χ1) is 11.8. The van der Waals surface area contributed by atoms with Crippen molar-refractivity contribution in [1.29, 1.82) is 0 Å². The minimum absolute atomic E-state index is 0.135. The Kier molecular flexibility index (Phi) is 6.01. The van der Waals surface area contributed by atoms with Crippen LogP contribution >= 0.6 is 0 Å². The summed E-state index contributed by atoms with van der Waals surface area (Å²) in [6, 6.07) is 10.6. The van der Waals surface area contributed by atoms with Crippen molar-refractivity contribution in [3.8, 4) is 0 Å². The van der Waals surface area contributed by atoms with E-state index in [9.17, 15) is 4.79 Å². The molecule has 2 heterocycles. The molecule has 1 aliphatic heterocycles. The average Bonchev–Trinajstić information content (AvgIpc) is 3.26. The molecule has 0 spiro atoms. The third-order valence-corrected chi connectivity index (χ3v) is 4.69. The number of nitrogens with one attached hydrogen (secondary N) is 2. The lowest BCUT2D eigenvalue weighted by atomic mass is 10.1. The van der Waals surface area contributed by atoms with Crippen LogP contribution in [0.15, 0.2) is 42.7 Å². The van der Waals surface area contributed by atoms with Gasteiger partial charge in [0.05, 0.1) is 6.20 Å². The van der Waals surface area contributed by atoms with Crippen LogP contribution in [0.2, 0.25) is 0 Å². The summed E-state index contributed by atoms with van der Waals surface area (Å²) in [5, 5.41) is 9.71. The summed E-state index contributed by atoms with van der Waals surface area (Å²) < 4.78 is 0. The van der Waals surface area contributed by atoms with Crippen LogP contribution in [0.4, 0.5) is 0 Å². The van der Waals surface area contributed by atoms with Crippen molar-refractivity contribution in [2.24, 2.45) is 5.92 Å². The molecule has 1 aromatic heterocycles. The highest BCUT2D eigenvalue weighted by Crippen LogP contribution is 2.21. The number of likely N-dealkylation sites (tertiary alicyclic amines) is 1. The number of carbonyl (C=O) groups is 1. The van der Waals surface area contributed by atoms with Crippen LogP contribution in [0.1, 0.15) is 30.4 Å². The van der Waals surface area contributed by atoms with E-state index < -0.39 is 0 Å². The van der Waals surface area contributed by atoms with Crippen molar-refractivity contribution in [1.82, 2.24) is 20.4 Å². The van der Waals surface area contributed by atoms with Gasteiger partial charge in [0.25, 0.3) is 0 Å². The molecule has 128 valence electrons. The van der Waals surface area contributed by atoms with E-state index in [0.717, 1.165) is 44.6 Å². The number of hydrogen-bond donors (Lipinski definition) is 2. The van der Waals surface area contributed by atoms with Crippen molar-refractivity contribution < 1.29 is 4.79 Å². The van der Waals surface area contributed by atoms with E-state index in [2.05, 4.69) is 50.7 Å². The fourth-order valence-corrected chi connectivity index (χ4v) is 3.31. The molecule has 24 heavy (non-hydrogen) atoms. The number of aromatic nitrogens is 2. The smallest absolute Gasteiger partial charge is 0.220 e. The molecule has 5 nitrogen and oxygen atoms in total. The average molecular weight is 326 g/mol. The Hall–Kier alpha value is -2.14. The van der Waals surface area contributed by atoms with Crippen LogP contribution in [-0.2, 0) is 17.8 Å². The second-order valence-electron chi connectivity index (χ2n) is 6.62. The van der Waals surface area contributed by atoms with E-state index >= 15 is 0 Å². The first kappa shape index (κ1) is 16.7. The molecule has 0 radical (unpaired) electrons. The minimum atomic E-state index is 0.135. The van der Waals surface area contributed by atoms with Crippen molar-refractivity contribution in [2.45, 2.75) is 32.2 Å². The van der Waals surface area contributed by atoms with Crippen LogP contribution in [-0.4, -0.2) is 40.6 Å². The SMILES string of the molecule is O=C(CCc1cn[nH]c1)NCC[C@H]1CCN(Cc2ccccc2)C1. The molecule has 0 aliphatic carbocycles. The maximum Gasteiger partial charge on any atom is 0.220 e. The fraction of sp³-hybridized carbons (Fsp3) is 0.474. The number of H-pyrrole nitrogens is 1. The summed E-state index contributed by atoms with van der Waals surface area (Å²) >= 11 is 0. The van der Waals surface area contributed by atoms with Gasteiger partial charge in [-0.1, -0.05) is 30.3 Å². The predicted octanol–water partition coefficient (Wildman–Crippen LogP) is 2.37. The molecule has 1 fully saturated rings. The normalized spacial score (nSPS) is 17.9. The molecular weight excluding hydrogens is 300 g/mol. The molecule has 1 aromatic carbocycles. The zero-order valence-corrected chi connectivity index (χ0v) is 14.1. The second kappa shape index (κ2) is 8.64. The van der Waals surface area contributed by atoms with Gasteiger partial charge in [0.1, 0.15) is 0 Å². The fourth-order valence-electron chi connectivity index (χ4n) is 3.31. The molecule has 1 atom stereocenters. The van der Waals surface area contributed by atoms with E-state index in [1.807, 2.05) is 6.20 Å². The Morgan fingerprint density at radius 3 is 2.96 bits per heavy atom. The zero-order valence-electron chi connectivity index (χ0n) is 14.1. The Balaban J connectivity index is 1.29. The third-order valence-electron chi connectivity index (χ3n) is 4.69. The van der Waals surface area contributed by atoms with Crippen molar-refractivity contribution in [3.63, 3.8) is 0 Å². The molecule has 1 aliphatic rings. The number of rotatable bonds is 8. The number of hydrogen-bond acceptors (Lipinski definition) is 3. The molecule has 1 saturated heterocycles. The first-order valence-electron chi connectivity index (χ1n) is 8.80. The molecule has 0 saturated carbocycles. The van der Waals surface area contributed by atoms with Crippen LogP contribution in [0, 0.1) is 5.92 Å². The number of benzene rings is 1. The number of amides is 1. The van der Waals surface area contributed by atoms with Crippen molar-refractivity contribution >= 4 is 5.91 Å². The van der Waals surface area contributed by atoms with Crippen LogP contribution in [0.3, 0.4) is 0 Å². The molecule has 1 amide bonds. The van der Waals surface area contributed by atoms with Crippen molar-refractivity contribution in [3.05, 3.63) is 53.9 Å². The number of aryl methyl sites for hydroxylation is 1. The predicted molar refractivity (Wildman–Crippen MR) is 94.4 cm³/mol. The lowest BCUT2D eigenvalue weighted by Crippen LogP contribution is -2.27. The van der Waals surface area contributed by atoms with Crippen LogP contribution in [0.5, 0.6) is 0 Å². The van der Waals surface area contributed by atoms with Gasteiger partial charge in [0.15, 0.2) is 0 Å². The van der Waals surface area contributed by atoms with Crippen LogP contribution < -0.4 is 5.32 Å². The molecule has 0 unspecified atom stereocenters. The summed E-state index contributed by atoms with van der Waals surface area (Å²) in [4.78, 5) is 14.4. The Labute approximate surface area is 143 Å². The van der Waals surface area contributed by atoms with E-state index in [-0.39, 0.29) is 5.91 Å². The largest absolute Gasteiger partial charge is 0.356 e. The van der Waals surface area contributed by atoms with Gasteiger partial charge >= 0.3 is 0 Å². The van der Waals surface area contributed by atoms with E-state index in [4.69, 9.17) is 0 Å². The highest BCUT2D eigenvalue weighted by Gasteiger charge is 2.22. The number of nitrogens with zero attached hydrogens (tertiary/aromatic N) is 2. The first-order valence-corrected chi connectivity index (χ1v) is 8.80. The minimum Gasteiger partial charge on any atom is -0.356 e. The topological polar surface area (TPSA) is 61.0 Å². The quantitative estimate of drug-likeness (QED) is 0.783. The second-order valence-corrected chi connectivity index (χ2v) is 6.62. The van der Waals surface area contributed by atoms with E-state index in [1.165, 1.54) is 12.0 Å². The lowest BCUT2D eigenvalue weighted by molar-refractivity contribution is -0.121. The Bertz CT molecular complexity index is 612. The molecule has 2 N–H and O–H groups in total. The summed E-state index contributed by atoms with van der Waals surface area (Å²) in [5.74, 6) is 0.832. The maximum absolute atomic E-state index is 11.9. The monoisotopic (exact) mass is 326 g/mol. The maximum atomic E-state index is 11.9.